The third kappa shape index (κ3) is 5.98. The molecule has 9 nitrogen and oxygen atoms in total. The molecule has 10 heteroatoms. The average Bonchev–Trinajstić information content (AvgIpc) is 3.66. The quantitative estimate of drug-likeness (QED) is 0.252. The molecule has 1 spiro atoms. The molecule has 226 valence electrons. The second-order valence-corrected chi connectivity index (χ2v) is 13.0. The predicted molar refractivity (Wildman–Crippen MR) is 164 cm³/mol. The van der Waals surface area contributed by atoms with E-state index in [1.54, 1.807) is 26.0 Å². The Balaban J connectivity index is 1.48. The van der Waals surface area contributed by atoms with Crippen molar-refractivity contribution >= 4 is 21.7 Å². The molecule has 1 aromatic heterocycles. The monoisotopic (exact) mass is 594 g/mol. The van der Waals surface area contributed by atoms with Crippen molar-refractivity contribution < 1.29 is 22.8 Å². The summed E-state index contributed by atoms with van der Waals surface area (Å²) in [6.45, 7) is 8.98. The standard InChI is InChI=1S/C32H42N4O5S/c1-5-7-14-29-33-32(17-10-11-18-32)31(37)36(29)20-24-15-16-26(25(19-24)21-40-6-2)27-12-8-9-13-28(27)42(38,39)35-30-22(3)23(4)41-34-30/h8-9,12-13,15-16,19,31,37H,5-7,10-11,14,17-18,20-21H2,1-4H3,(H,34,35). The summed E-state index contributed by atoms with van der Waals surface area (Å²) in [7, 11) is -3.97. The van der Waals surface area contributed by atoms with Crippen LogP contribution in [0, 0.1) is 13.8 Å². The van der Waals surface area contributed by atoms with E-state index in [4.69, 9.17) is 14.3 Å². The molecule has 1 unspecified atom stereocenters. The van der Waals surface area contributed by atoms with Crippen LogP contribution in [0.4, 0.5) is 5.82 Å². The van der Waals surface area contributed by atoms with Crippen LogP contribution >= 0.6 is 0 Å². The number of aliphatic imine (C=N–C) groups is 1. The fraction of sp³-hybridized carbons (Fsp3) is 0.500. The molecule has 0 bridgehead atoms. The van der Waals surface area contributed by atoms with Gasteiger partial charge in [-0.1, -0.05) is 67.7 Å². The summed E-state index contributed by atoms with van der Waals surface area (Å²) in [5, 5.41) is 15.4. The van der Waals surface area contributed by atoms with Gasteiger partial charge in [-0.05, 0) is 62.8 Å². The number of anilines is 1. The maximum Gasteiger partial charge on any atom is 0.263 e. The van der Waals surface area contributed by atoms with Gasteiger partial charge < -0.3 is 19.3 Å². The molecule has 1 atom stereocenters. The summed E-state index contributed by atoms with van der Waals surface area (Å²) in [5.74, 6) is 1.72. The maximum atomic E-state index is 13.6. The van der Waals surface area contributed by atoms with Gasteiger partial charge in [-0.3, -0.25) is 9.71 Å². The number of sulfonamides is 1. The Morgan fingerprint density at radius 1 is 1.12 bits per heavy atom. The van der Waals surface area contributed by atoms with Gasteiger partial charge >= 0.3 is 0 Å². The lowest BCUT2D eigenvalue weighted by Gasteiger charge is -2.31. The molecule has 1 aliphatic heterocycles. The van der Waals surface area contributed by atoms with Gasteiger partial charge in [0.2, 0.25) is 0 Å². The van der Waals surface area contributed by atoms with Crippen molar-refractivity contribution in [2.24, 2.45) is 4.99 Å². The van der Waals surface area contributed by atoms with Crippen molar-refractivity contribution in [3.63, 3.8) is 0 Å². The van der Waals surface area contributed by atoms with E-state index in [1.165, 1.54) is 0 Å². The molecule has 2 aliphatic rings. The number of aliphatic hydroxyl groups is 1. The van der Waals surface area contributed by atoms with Crippen LogP contribution in [0.2, 0.25) is 0 Å². The van der Waals surface area contributed by atoms with E-state index in [9.17, 15) is 13.5 Å². The van der Waals surface area contributed by atoms with Gasteiger partial charge in [-0.15, -0.1) is 0 Å². The number of ether oxygens (including phenoxy) is 1. The zero-order chi connectivity index (χ0) is 29.9. The number of aryl methyl sites for hydroxylation is 1. The van der Waals surface area contributed by atoms with Gasteiger partial charge in [0, 0.05) is 30.7 Å². The SMILES string of the molecule is CCCCC1=NC2(CCCC2)C(O)N1Cc1ccc(-c2ccccc2S(=O)(=O)Nc2noc(C)c2C)c(COCC)c1. The number of benzene rings is 2. The number of nitrogens with zero attached hydrogens (tertiary/aromatic N) is 3. The van der Waals surface area contributed by atoms with Crippen LogP contribution in [-0.4, -0.2) is 47.8 Å². The highest BCUT2D eigenvalue weighted by atomic mass is 32.2. The number of hydrogen-bond donors (Lipinski definition) is 2. The normalized spacial score (nSPS) is 18.2. The zero-order valence-electron chi connectivity index (χ0n) is 25.0. The molecule has 1 fully saturated rings. The fourth-order valence-corrected chi connectivity index (χ4v) is 7.31. The summed E-state index contributed by atoms with van der Waals surface area (Å²) in [6.07, 6.45) is 6.33. The minimum absolute atomic E-state index is 0.141. The van der Waals surface area contributed by atoms with Crippen molar-refractivity contribution in [1.29, 1.82) is 0 Å². The maximum absolute atomic E-state index is 13.6. The molecule has 42 heavy (non-hydrogen) atoms. The Labute approximate surface area is 249 Å². The topological polar surface area (TPSA) is 117 Å². The molecular formula is C32H42N4O5S. The molecule has 3 aromatic rings. The van der Waals surface area contributed by atoms with Gasteiger partial charge in [0.1, 0.15) is 17.1 Å². The molecule has 2 aromatic carbocycles. The molecule has 5 rings (SSSR count). The predicted octanol–water partition coefficient (Wildman–Crippen LogP) is 6.33. The summed E-state index contributed by atoms with van der Waals surface area (Å²) < 4.78 is 40.8. The van der Waals surface area contributed by atoms with Gasteiger partial charge in [-0.25, -0.2) is 8.42 Å². The number of nitrogens with one attached hydrogen (secondary N) is 1. The Morgan fingerprint density at radius 3 is 2.57 bits per heavy atom. The Kier molecular flexibility index (Phi) is 9.05. The molecule has 0 saturated heterocycles. The largest absolute Gasteiger partial charge is 0.377 e. The minimum Gasteiger partial charge on any atom is -0.377 e. The summed E-state index contributed by atoms with van der Waals surface area (Å²) in [6, 6.07) is 13.0. The Morgan fingerprint density at radius 2 is 1.88 bits per heavy atom. The van der Waals surface area contributed by atoms with Crippen molar-refractivity contribution in [3.05, 3.63) is 64.9 Å². The van der Waals surface area contributed by atoms with Crippen molar-refractivity contribution in [1.82, 2.24) is 10.1 Å². The van der Waals surface area contributed by atoms with E-state index in [0.29, 0.717) is 36.6 Å². The Hall–Kier alpha value is -3.21. The van der Waals surface area contributed by atoms with Crippen LogP contribution in [0.3, 0.4) is 0 Å². The molecule has 1 aliphatic carbocycles. The number of aliphatic hydroxyl groups excluding tert-OH is 1. The van der Waals surface area contributed by atoms with Crippen molar-refractivity contribution in [2.75, 3.05) is 11.3 Å². The first-order chi connectivity index (χ1) is 20.2. The molecular weight excluding hydrogens is 552 g/mol. The summed E-state index contributed by atoms with van der Waals surface area (Å²) in [4.78, 5) is 7.33. The van der Waals surface area contributed by atoms with E-state index in [0.717, 1.165) is 67.5 Å². The first-order valence-corrected chi connectivity index (χ1v) is 16.5. The van der Waals surface area contributed by atoms with E-state index in [2.05, 4.69) is 27.8 Å². The highest BCUT2D eigenvalue weighted by Gasteiger charge is 2.49. The second kappa shape index (κ2) is 12.6. The van der Waals surface area contributed by atoms with Crippen molar-refractivity contribution in [2.45, 2.75) is 102 Å². The number of hydrogen-bond acceptors (Lipinski definition) is 8. The fourth-order valence-electron chi connectivity index (χ4n) is 6.03. The molecule has 2 N–H and O–H groups in total. The Bertz CT molecular complexity index is 1540. The van der Waals surface area contributed by atoms with Crippen LogP contribution in [0.1, 0.15) is 81.2 Å². The number of amidine groups is 1. The van der Waals surface area contributed by atoms with Gasteiger partial charge in [0.05, 0.1) is 11.5 Å². The van der Waals surface area contributed by atoms with Crippen LogP contribution in [0.15, 0.2) is 56.9 Å². The molecule has 1 saturated carbocycles. The average molecular weight is 595 g/mol. The van der Waals surface area contributed by atoms with Crippen molar-refractivity contribution in [3.8, 4) is 11.1 Å². The zero-order valence-corrected chi connectivity index (χ0v) is 25.8. The van der Waals surface area contributed by atoms with E-state index in [-0.39, 0.29) is 10.7 Å². The number of rotatable bonds is 12. The molecule has 0 amide bonds. The summed E-state index contributed by atoms with van der Waals surface area (Å²) >= 11 is 0. The number of aromatic nitrogens is 1. The van der Waals surface area contributed by atoms with E-state index in [1.807, 2.05) is 31.2 Å². The van der Waals surface area contributed by atoms with Gasteiger partial charge in [0.25, 0.3) is 10.0 Å². The lowest BCUT2D eigenvalue weighted by molar-refractivity contribution is 0.00293. The minimum atomic E-state index is -3.97. The lowest BCUT2D eigenvalue weighted by atomic mass is 9.95. The summed E-state index contributed by atoms with van der Waals surface area (Å²) in [5.41, 5.74) is 3.48. The van der Waals surface area contributed by atoms with Crippen LogP contribution < -0.4 is 4.72 Å². The van der Waals surface area contributed by atoms with Gasteiger partial charge in [-0.2, -0.15) is 0 Å². The highest BCUT2D eigenvalue weighted by molar-refractivity contribution is 7.92. The molecule has 2 heterocycles. The second-order valence-electron chi connectivity index (χ2n) is 11.4. The van der Waals surface area contributed by atoms with Crippen LogP contribution in [-0.2, 0) is 27.9 Å². The van der Waals surface area contributed by atoms with Gasteiger partial charge in [0.15, 0.2) is 12.0 Å². The first-order valence-electron chi connectivity index (χ1n) is 15.0. The highest BCUT2D eigenvalue weighted by Crippen LogP contribution is 2.43. The van der Waals surface area contributed by atoms with Crippen LogP contribution in [0.5, 0.6) is 0 Å². The number of unbranched alkanes of at least 4 members (excludes halogenated alkanes) is 1. The third-order valence-electron chi connectivity index (χ3n) is 8.52. The van der Waals surface area contributed by atoms with E-state index < -0.39 is 21.8 Å². The smallest absolute Gasteiger partial charge is 0.263 e. The van der Waals surface area contributed by atoms with E-state index >= 15 is 0 Å². The lowest BCUT2D eigenvalue weighted by Crippen LogP contribution is -2.45. The van der Waals surface area contributed by atoms with Crippen LogP contribution in [0.25, 0.3) is 11.1 Å². The molecule has 0 radical (unpaired) electrons. The first kappa shape index (κ1) is 30.3. The third-order valence-corrected chi connectivity index (χ3v) is 9.92.